The Morgan fingerprint density at radius 3 is 2.43 bits per heavy atom. The number of carbonyl (C=O) groups excluding carboxylic acids is 2. The van der Waals surface area contributed by atoms with Crippen LogP contribution in [-0.4, -0.2) is 11.8 Å². The van der Waals surface area contributed by atoms with Crippen molar-refractivity contribution >= 4 is 34.3 Å². The second-order valence-electron chi connectivity index (χ2n) is 4.90. The molecule has 118 valence electrons. The molecule has 2 aromatic carbocycles. The van der Waals surface area contributed by atoms with Gasteiger partial charge in [-0.05, 0) is 47.2 Å². The van der Waals surface area contributed by atoms with E-state index in [-0.39, 0.29) is 18.2 Å². The minimum absolute atomic E-state index is 0.0488. The van der Waals surface area contributed by atoms with Gasteiger partial charge >= 0.3 is 5.97 Å². The summed E-state index contributed by atoms with van der Waals surface area (Å²) in [4.78, 5) is 24.1. The van der Waals surface area contributed by atoms with Crippen LogP contribution in [0.5, 0.6) is 5.75 Å². The second kappa shape index (κ2) is 8.62. The van der Waals surface area contributed by atoms with E-state index >= 15 is 0 Å². The van der Waals surface area contributed by atoms with E-state index in [4.69, 9.17) is 4.74 Å². The highest BCUT2D eigenvalue weighted by Gasteiger charge is 2.12. The molecule has 0 aliphatic rings. The van der Waals surface area contributed by atoms with Crippen LogP contribution in [0.4, 0.5) is 0 Å². The lowest BCUT2D eigenvalue weighted by Crippen LogP contribution is -2.08. The van der Waals surface area contributed by atoms with Crippen molar-refractivity contribution in [2.24, 2.45) is 0 Å². The predicted octanol–water partition coefficient (Wildman–Crippen LogP) is 4.78. The van der Waals surface area contributed by atoms with Crippen LogP contribution in [0.1, 0.15) is 35.7 Å². The molecule has 0 aromatic heterocycles. The lowest BCUT2D eigenvalue weighted by Gasteiger charge is -2.07. The van der Waals surface area contributed by atoms with Gasteiger partial charge in [0.15, 0.2) is 5.78 Å². The standard InChI is InChI=1S/C19H17IO3/c1-2-3-5-10-18(21)23-17-12-11-15(13-16(17)20)19(22)14-8-6-4-7-9-14/h3-9,11-13H,2,10H2,1H3/b5-3+. The fourth-order valence-electron chi connectivity index (χ4n) is 1.99. The molecule has 0 amide bonds. The van der Waals surface area contributed by atoms with Gasteiger partial charge < -0.3 is 4.74 Å². The number of hydrogen-bond donors (Lipinski definition) is 0. The number of hydrogen-bond acceptors (Lipinski definition) is 3. The number of esters is 1. The molecule has 0 saturated heterocycles. The first-order valence-electron chi connectivity index (χ1n) is 7.36. The van der Waals surface area contributed by atoms with Crippen LogP contribution in [0.3, 0.4) is 0 Å². The van der Waals surface area contributed by atoms with Gasteiger partial charge in [0.05, 0.1) is 9.99 Å². The van der Waals surface area contributed by atoms with Gasteiger partial charge in [0.25, 0.3) is 0 Å². The van der Waals surface area contributed by atoms with Crippen molar-refractivity contribution < 1.29 is 14.3 Å². The topological polar surface area (TPSA) is 43.4 Å². The highest BCUT2D eigenvalue weighted by Crippen LogP contribution is 2.24. The van der Waals surface area contributed by atoms with E-state index < -0.39 is 0 Å². The zero-order valence-electron chi connectivity index (χ0n) is 12.8. The van der Waals surface area contributed by atoms with Crippen molar-refractivity contribution in [3.63, 3.8) is 0 Å². The Morgan fingerprint density at radius 2 is 1.78 bits per heavy atom. The summed E-state index contributed by atoms with van der Waals surface area (Å²) >= 11 is 2.07. The number of halogens is 1. The van der Waals surface area contributed by atoms with Gasteiger partial charge in [0.1, 0.15) is 5.75 Å². The average molecular weight is 420 g/mol. The van der Waals surface area contributed by atoms with Gasteiger partial charge in [-0.3, -0.25) is 9.59 Å². The van der Waals surface area contributed by atoms with Gasteiger partial charge in [-0.25, -0.2) is 0 Å². The van der Waals surface area contributed by atoms with Crippen LogP contribution in [0.25, 0.3) is 0 Å². The van der Waals surface area contributed by atoms with Crippen molar-refractivity contribution in [1.29, 1.82) is 0 Å². The maximum absolute atomic E-state index is 12.4. The minimum atomic E-state index is -0.310. The normalized spacial score (nSPS) is 10.7. The third-order valence-electron chi connectivity index (χ3n) is 3.14. The molecule has 0 atom stereocenters. The average Bonchev–Trinajstić information content (AvgIpc) is 2.57. The summed E-state index contributed by atoms with van der Waals surface area (Å²) in [5.74, 6) is 0.118. The molecule has 0 N–H and O–H groups in total. The van der Waals surface area contributed by atoms with Crippen molar-refractivity contribution in [3.05, 3.63) is 75.4 Å². The monoisotopic (exact) mass is 420 g/mol. The molecule has 0 bridgehead atoms. The van der Waals surface area contributed by atoms with Crippen molar-refractivity contribution in [1.82, 2.24) is 0 Å². The maximum Gasteiger partial charge on any atom is 0.315 e. The van der Waals surface area contributed by atoms with Crippen LogP contribution in [-0.2, 0) is 4.79 Å². The van der Waals surface area contributed by atoms with Gasteiger partial charge in [-0.1, -0.05) is 49.4 Å². The minimum Gasteiger partial charge on any atom is -0.425 e. The molecule has 0 aliphatic carbocycles. The number of ether oxygens (including phenoxy) is 1. The molecule has 0 radical (unpaired) electrons. The molecule has 0 spiro atoms. The molecule has 0 fully saturated rings. The van der Waals surface area contributed by atoms with Crippen LogP contribution in [0.2, 0.25) is 0 Å². The van der Waals surface area contributed by atoms with E-state index in [0.29, 0.717) is 16.9 Å². The first-order chi connectivity index (χ1) is 11.1. The Balaban J connectivity index is 2.10. The summed E-state index contributed by atoms with van der Waals surface area (Å²) in [6.07, 6.45) is 4.85. The molecule has 2 rings (SSSR count). The van der Waals surface area contributed by atoms with Crippen LogP contribution < -0.4 is 4.74 Å². The fraction of sp³-hybridized carbons (Fsp3) is 0.158. The number of allylic oxidation sites excluding steroid dienone is 1. The predicted molar refractivity (Wildman–Crippen MR) is 98.7 cm³/mol. The molecule has 0 saturated carbocycles. The summed E-state index contributed by atoms with van der Waals surface area (Å²) in [5.41, 5.74) is 1.21. The fourth-order valence-corrected chi connectivity index (χ4v) is 2.62. The smallest absolute Gasteiger partial charge is 0.315 e. The van der Waals surface area contributed by atoms with Gasteiger partial charge in [-0.2, -0.15) is 0 Å². The largest absolute Gasteiger partial charge is 0.425 e. The first-order valence-corrected chi connectivity index (χ1v) is 8.44. The SMILES string of the molecule is CC/C=C/CC(=O)Oc1ccc(C(=O)c2ccccc2)cc1I. The lowest BCUT2D eigenvalue weighted by molar-refractivity contribution is -0.133. The van der Waals surface area contributed by atoms with Crippen LogP contribution >= 0.6 is 22.6 Å². The molecular weight excluding hydrogens is 403 g/mol. The molecule has 23 heavy (non-hydrogen) atoms. The molecule has 0 aliphatic heterocycles. The summed E-state index contributed by atoms with van der Waals surface area (Å²) < 4.78 is 6.06. The highest BCUT2D eigenvalue weighted by atomic mass is 127. The molecule has 4 heteroatoms. The van der Waals surface area contributed by atoms with E-state index in [1.54, 1.807) is 36.4 Å². The van der Waals surface area contributed by atoms with E-state index in [2.05, 4.69) is 22.6 Å². The lowest BCUT2D eigenvalue weighted by atomic mass is 10.0. The van der Waals surface area contributed by atoms with Crippen LogP contribution in [0, 0.1) is 3.57 Å². The first kappa shape index (κ1) is 17.4. The third kappa shape index (κ3) is 5.03. The quantitative estimate of drug-likeness (QED) is 0.222. The number of carbonyl (C=O) groups is 2. The molecular formula is C19H17IO3. The summed E-state index contributed by atoms with van der Waals surface area (Å²) in [5, 5.41) is 0. The molecule has 0 unspecified atom stereocenters. The maximum atomic E-state index is 12.4. The number of ketones is 1. The Labute approximate surface area is 149 Å². The Morgan fingerprint density at radius 1 is 1.04 bits per heavy atom. The van der Waals surface area contributed by atoms with E-state index in [9.17, 15) is 9.59 Å². The number of benzene rings is 2. The summed E-state index contributed by atoms with van der Waals surface area (Å²) in [6, 6.07) is 14.2. The van der Waals surface area contributed by atoms with Crippen molar-refractivity contribution in [3.8, 4) is 5.75 Å². The van der Waals surface area contributed by atoms with E-state index in [0.717, 1.165) is 9.99 Å². The zero-order chi connectivity index (χ0) is 16.7. The van der Waals surface area contributed by atoms with Crippen molar-refractivity contribution in [2.75, 3.05) is 0 Å². The third-order valence-corrected chi connectivity index (χ3v) is 3.98. The van der Waals surface area contributed by atoms with E-state index in [1.807, 2.05) is 31.2 Å². The zero-order valence-corrected chi connectivity index (χ0v) is 14.9. The highest BCUT2D eigenvalue weighted by molar-refractivity contribution is 14.1. The summed E-state index contributed by atoms with van der Waals surface area (Å²) in [7, 11) is 0. The van der Waals surface area contributed by atoms with Crippen LogP contribution in [0.15, 0.2) is 60.7 Å². The Hall–Kier alpha value is -1.95. The van der Waals surface area contributed by atoms with Gasteiger partial charge in [0.2, 0.25) is 0 Å². The van der Waals surface area contributed by atoms with E-state index in [1.165, 1.54) is 0 Å². The summed E-state index contributed by atoms with van der Waals surface area (Å²) in [6.45, 7) is 2.01. The van der Waals surface area contributed by atoms with Crippen molar-refractivity contribution in [2.45, 2.75) is 19.8 Å². The number of rotatable bonds is 6. The Kier molecular flexibility index (Phi) is 6.52. The molecule has 2 aromatic rings. The molecule has 0 heterocycles. The Bertz CT molecular complexity index is 721. The van der Waals surface area contributed by atoms with Gasteiger partial charge in [0, 0.05) is 11.1 Å². The molecule has 3 nitrogen and oxygen atoms in total. The second-order valence-corrected chi connectivity index (χ2v) is 6.06. The van der Waals surface area contributed by atoms with Gasteiger partial charge in [-0.15, -0.1) is 0 Å².